The highest BCUT2D eigenvalue weighted by Crippen LogP contribution is 2.25. The van der Waals surface area contributed by atoms with E-state index in [0.717, 1.165) is 6.54 Å². The topological polar surface area (TPSA) is 15.3 Å². The summed E-state index contributed by atoms with van der Waals surface area (Å²) < 4.78 is 1.40. The first-order valence-corrected chi connectivity index (χ1v) is 8.65. The molecule has 1 aliphatic rings. The van der Waals surface area contributed by atoms with E-state index >= 15 is 0 Å². The molecule has 1 aliphatic heterocycles. The Labute approximate surface area is 125 Å². The number of thiophene rings is 1. The van der Waals surface area contributed by atoms with Crippen LogP contribution in [0, 0.1) is 0 Å². The summed E-state index contributed by atoms with van der Waals surface area (Å²) in [6.07, 6.45) is 3.86. The van der Waals surface area contributed by atoms with Gasteiger partial charge in [0.1, 0.15) is 0 Å². The van der Waals surface area contributed by atoms with Crippen LogP contribution >= 0.6 is 11.3 Å². The molecule has 0 saturated carbocycles. The first-order chi connectivity index (χ1) is 9.86. The number of hydrogen-bond donors (Lipinski definition) is 1. The maximum Gasteiger partial charge on any atom is 0.0346 e. The van der Waals surface area contributed by atoms with Gasteiger partial charge >= 0.3 is 0 Å². The first kappa shape index (κ1) is 14.1. The lowest BCUT2D eigenvalue weighted by Gasteiger charge is -2.32. The summed E-state index contributed by atoms with van der Waals surface area (Å²) in [5, 5.41) is 7.49. The molecule has 1 N–H and O–H groups in total. The largest absolute Gasteiger partial charge is 0.310 e. The predicted molar refractivity (Wildman–Crippen MR) is 88.4 cm³/mol. The smallest absolute Gasteiger partial charge is 0.0346 e. The Morgan fingerprint density at radius 2 is 2.05 bits per heavy atom. The molecule has 0 atom stereocenters. The van der Waals surface area contributed by atoms with Gasteiger partial charge in [0.2, 0.25) is 0 Å². The van der Waals surface area contributed by atoms with Gasteiger partial charge in [-0.3, -0.25) is 0 Å². The molecular weight excluding hydrogens is 264 g/mol. The number of nitrogens with one attached hydrogen (secondary N) is 1. The molecule has 1 fully saturated rings. The second-order valence-electron chi connectivity index (χ2n) is 5.75. The molecule has 0 bridgehead atoms. The van der Waals surface area contributed by atoms with Crippen molar-refractivity contribution >= 4 is 21.4 Å². The summed E-state index contributed by atoms with van der Waals surface area (Å²) in [6.45, 7) is 7.07. The molecule has 2 heterocycles. The van der Waals surface area contributed by atoms with Gasteiger partial charge in [-0.05, 0) is 61.3 Å². The van der Waals surface area contributed by atoms with Crippen molar-refractivity contribution in [2.45, 2.75) is 38.8 Å². The second kappa shape index (κ2) is 6.70. The average molecular weight is 288 g/mol. The van der Waals surface area contributed by atoms with Gasteiger partial charge in [-0.25, -0.2) is 0 Å². The SMILES string of the molecule is CCCN1CCC(NCc2csc3ccccc23)CC1. The lowest BCUT2D eigenvalue weighted by atomic mass is 10.0. The van der Waals surface area contributed by atoms with Crippen molar-refractivity contribution in [2.24, 2.45) is 0 Å². The van der Waals surface area contributed by atoms with Crippen molar-refractivity contribution in [3.8, 4) is 0 Å². The highest BCUT2D eigenvalue weighted by atomic mass is 32.1. The van der Waals surface area contributed by atoms with Gasteiger partial charge < -0.3 is 10.2 Å². The van der Waals surface area contributed by atoms with E-state index in [4.69, 9.17) is 0 Å². The molecule has 0 spiro atoms. The molecule has 1 saturated heterocycles. The molecule has 0 amide bonds. The Bertz CT molecular complexity index is 541. The third kappa shape index (κ3) is 3.22. The van der Waals surface area contributed by atoms with Gasteiger partial charge in [-0.15, -0.1) is 11.3 Å². The van der Waals surface area contributed by atoms with E-state index in [1.807, 2.05) is 11.3 Å². The van der Waals surface area contributed by atoms with Crippen molar-refractivity contribution in [1.82, 2.24) is 10.2 Å². The molecule has 2 nitrogen and oxygen atoms in total. The van der Waals surface area contributed by atoms with Crippen molar-refractivity contribution in [1.29, 1.82) is 0 Å². The predicted octanol–water partition coefficient (Wildman–Crippen LogP) is 3.87. The lowest BCUT2D eigenvalue weighted by molar-refractivity contribution is 0.197. The minimum absolute atomic E-state index is 0.696. The Hall–Kier alpha value is -0.900. The molecule has 20 heavy (non-hydrogen) atoms. The summed E-state index contributed by atoms with van der Waals surface area (Å²) in [5.74, 6) is 0. The first-order valence-electron chi connectivity index (χ1n) is 7.77. The fourth-order valence-electron chi connectivity index (χ4n) is 3.10. The van der Waals surface area contributed by atoms with Crippen molar-refractivity contribution < 1.29 is 0 Å². The third-order valence-corrected chi connectivity index (χ3v) is 5.28. The van der Waals surface area contributed by atoms with Crippen LogP contribution in [-0.4, -0.2) is 30.6 Å². The number of benzene rings is 1. The summed E-state index contributed by atoms with van der Waals surface area (Å²) in [6, 6.07) is 9.42. The van der Waals surface area contributed by atoms with Crippen LogP contribution < -0.4 is 5.32 Å². The van der Waals surface area contributed by atoms with E-state index in [2.05, 4.69) is 46.8 Å². The van der Waals surface area contributed by atoms with Crippen LogP contribution in [0.5, 0.6) is 0 Å². The minimum Gasteiger partial charge on any atom is -0.310 e. The molecule has 108 valence electrons. The molecule has 1 aromatic heterocycles. The average Bonchev–Trinajstić information content (AvgIpc) is 2.90. The zero-order chi connectivity index (χ0) is 13.8. The zero-order valence-electron chi connectivity index (χ0n) is 12.3. The number of hydrogen-bond acceptors (Lipinski definition) is 3. The van der Waals surface area contributed by atoms with Crippen molar-refractivity contribution in [3.63, 3.8) is 0 Å². The Morgan fingerprint density at radius 3 is 2.85 bits per heavy atom. The quantitative estimate of drug-likeness (QED) is 0.898. The van der Waals surface area contributed by atoms with Gasteiger partial charge in [0.05, 0.1) is 0 Å². The van der Waals surface area contributed by atoms with E-state index < -0.39 is 0 Å². The summed E-state index contributed by atoms with van der Waals surface area (Å²) in [7, 11) is 0. The van der Waals surface area contributed by atoms with Crippen LogP contribution in [0.4, 0.5) is 0 Å². The molecule has 0 unspecified atom stereocenters. The maximum atomic E-state index is 3.76. The molecular formula is C17H24N2S. The fourth-order valence-corrected chi connectivity index (χ4v) is 4.06. The normalized spacial score (nSPS) is 17.9. The number of fused-ring (bicyclic) bond motifs is 1. The minimum atomic E-state index is 0.696. The second-order valence-corrected chi connectivity index (χ2v) is 6.67. The summed E-state index contributed by atoms with van der Waals surface area (Å²) in [4.78, 5) is 2.60. The Kier molecular flexibility index (Phi) is 4.71. The zero-order valence-corrected chi connectivity index (χ0v) is 13.1. The fraction of sp³-hybridized carbons (Fsp3) is 0.529. The van der Waals surface area contributed by atoms with Crippen LogP contribution in [0.15, 0.2) is 29.6 Å². The molecule has 2 aromatic rings. The molecule has 3 rings (SSSR count). The molecule has 0 aliphatic carbocycles. The van der Waals surface area contributed by atoms with Gasteiger partial charge in [-0.1, -0.05) is 25.1 Å². The van der Waals surface area contributed by atoms with E-state index in [1.54, 1.807) is 0 Å². The van der Waals surface area contributed by atoms with E-state index in [-0.39, 0.29) is 0 Å². The number of rotatable bonds is 5. The lowest BCUT2D eigenvalue weighted by Crippen LogP contribution is -2.42. The molecule has 0 radical (unpaired) electrons. The van der Waals surface area contributed by atoms with Crippen LogP contribution in [0.25, 0.3) is 10.1 Å². The third-order valence-electron chi connectivity index (χ3n) is 4.27. The van der Waals surface area contributed by atoms with Crippen molar-refractivity contribution in [2.75, 3.05) is 19.6 Å². The highest BCUT2D eigenvalue weighted by Gasteiger charge is 2.18. The van der Waals surface area contributed by atoms with Crippen LogP contribution in [0.3, 0.4) is 0 Å². The molecule has 3 heteroatoms. The Balaban J connectivity index is 1.53. The summed E-state index contributed by atoms with van der Waals surface area (Å²) >= 11 is 1.86. The van der Waals surface area contributed by atoms with Crippen LogP contribution in [0.1, 0.15) is 31.7 Å². The van der Waals surface area contributed by atoms with E-state index in [1.165, 1.54) is 54.5 Å². The number of nitrogens with zero attached hydrogens (tertiary/aromatic N) is 1. The monoisotopic (exact) mass is 288 g/mol. The summed E-state index contributed by atoms with van der Waals surface area (Å²) in [5.41, 5.74) is 1.46. The van der Waals surface area contributed by atoms with E-state index in [0.29, 0.717) is 6.04 Å². The Morgan fingerprint density at radius 1 is 1.25 bits per heavy atom. The van der Waals surface area contributed by atoms with E-state index in [9.17, 15) is 0 Å². The van der Waals surface area contributed by atoms with Gasteiger partial charge in [-0.2, -0.15) is 0 Å². The van der Waals surface area contributed by atoms with Crippen molar-refractivity contribution in [3.05, 3.63) is 35.2 Å². The van der Waals surface area contributed by atoms with Gasteiger partial charge in [0, 0.05) is 17.3 Å². The van der Waals surface area contributed by atoms with Gasteiger partial charge in [0.15, 0.2) is 0 Å². The van der Waals surface area contributed by atoms with Crippen LogP contribution in [0.2, 0.25) is 0 Å². The van der Waals surface area contributed by atoms with Crippen LogP contribution in [-0.2, 0) is 6.54 Å². The van der Waals surface area contributed by atoms with Gasteiger partial charge in [0.25, 0.3) is 0 Å². The highest BCUT2D eigenvalue weighted by molar-refractivity contribution is 7.17. The number of piperidine rings is 1. The maximum absolute atomic E-state index is 3.76. The standard InChI is InChI=1S/C17H24N2S/c1-2-9-19-10-7-15(8-11-19)18-12-14-13-20-17-6-4-3-5-16(14)17/h3-6,13,15,18H,2,7-12H2,1H3. The number of likely N-dealkylation sites (tertiary alicyclic amines) is 1. The molecule has 1 aromatic carbocycles.